The lowest BCUT2D eigenvalue weighted by atomic mass is 9.86. The van der Waals surface area contributed by atoms with E-state index < -0.39 is 25.8 Å². The van der Waals surface area contributed by atoms with E-state index in [-0.39, 0.29) is 23.9 Å². The zero-order chi connectivity index (χ0) is 21.4. The van der Waals surface area contributed by atoms with E-state index in [2.05, 4.69) is 52.7 Å². The quantitative estimate of drug-likeness (QED) is 0.339. The molecule has 1 aliphatic carbocycles. The molecule has 1 aromatic carbocycles. The number of nitrogens with zero attached hydrogens (tertiary/aromatic N) is 1. The Balaban J connectivity index is 1.96. The third-order valence-corrected chi connectivity index (χ3v) is 7.07. The van der Waals surface area contributed by atoms with E-state index in [1.807, 2.05) is 0 Å². The molecule has 4 nitrogen and oxygen atoms in total. The number of fused-ring (bicyclic) bond motifs is 1. The summed E-state index contributed by atoms with van der Waals surface area (Å²) in [6, 6.07) is 4.43. The standard InChI is InChI=1S/C20H24BrF3N2O2Si/c1-29(2,3)11-10-28-13-26-17-12-15(21)6-7-16(17)19(20(22,23)24,25-18(26)27)9-8-14-4-5-14/h6-7,12,14H,4-5,10-11,13H2,1-3H3,(H,25,27)/t19-/m0/s1. The van der Waals surface area contributed by atoms with Crippen LogP contribution in [-0.2, 0) is 10.3 Å². The molecule has 9 heteroatoms. The number of carbonyl (C=O) groups is 1. The van der Waals surface area contributed by atoms with Crippen LogP contribution in [-0.4, -0.2) is 33.6 Å². The van der Waals surface area contributed by atoms with Gasteiger partial charge in [-0.3, -0.25) is 4.90 Å². The minimum atomic E-state index is -4.77. The van der Waals surface area contributed by atoms with E-state index in [1.54, 1.807) is 0 Å². The van der Waals surface area contributed by atoms with Crippen LogP contribution in [0.3, 0.4) is 0 Å². The molecule has 158 valence electrons. The number of hydrogen-bond donors (Lipinski definition) is 1. The molecule has 29 heavy (non-hydrogen) atoms. The van der Waals surface area contributed by atoms with Crippen molar-refractivity contribution in [3.8, 4) is 11.8 Å². The molecule has 0 bridgehead atoms. The van der Waals surface area contributed by atoms with Crippen LogP contribution >= 0.6 is 15.9 Å². The van der Waals surface area contributed by atoms with Gasteiger partial charge in [-0.25, -0.2) is 4.79 Å². The Morgan fingerprint density at radius 1 is 1.34 bits per heavy atom. The van der Waals surface area contributed by atoms with Crippen molar-refractivity contribution < 1.29 is 22.7 Å². The first-order valence-corrected chi connectivity index (χ1v) is 14.0. The number of rotatable bonds is 5. The summed E-state index contributed by atoms with van der Waals surface area (Å²) < 4.78 is 48.9. The third kappa shape index (κ3) is 4.98. The van der Waals surface area contributed by atoms with E-state index in [4.69, 9.17) is 4.74 Å². The predicted octanol–water partition coefficient (Wildman–Crippen LogP) is 5.46. The van der Waals surface area contributed by atoms with Gasteiger partial charge in [0.05, 0.1) is 5.69 Å². The summed E-state index contributed by atoms with van der Waals surface area (Å²) in [6.45, 7) is 6.93. The number of carbonyl (C=O) groups excluding carboxylic acids is 1. The first kappa shape index (κ1) is 22.2. The number of halogens is 4. The zero-order valence-electron chi connectivity index (χ0n) is 16.6. The molecule has 0 saturated heterocycles. The Hall–Kier alpha value is -1.50. The van der Waals surface area contributed by atoms with Crippen LogP contribution in [0.5, 0.6) is 0 Å². The number of urea groups is 1. The van der Waals surface area contributed by atoms with E-state index >= 15 is 0 Å². The summed E-state index contributed by atoms with van der Waals surface area (Å²) >= 11 is 3.30. The fourth-order valence-electron chi connectivity index (χ4n) is 2.94. The van der Waals surface area contributed by atoms with Crippen LogP contribution in [0.25, 0.3) is 0 Å². The molecular formula is C20H24BrF3N2O2Si. The summed E-state index contributed by atoms with van der Waals surface area (Å²) in [5.74, 6) is 5.02. The minimum Gasteiger partial charge on any atom is -0.361 e. The Labute approximate surface area is 178 Å². The maximum absolute atomic E-state index is 14.2. The Bertz CT molecular complexity index is 856. The molecular weight excluding hydrogens is 465 g/mol. The van der Waals surface area contributed by atoms with Gasteiger partial charge >= 0.3 is 12.2 Å². The molecule has 1 saturated carbocycles. The maximum Gasteiger partial charge on any atom is 0.427 e. The van der Waals surface area contributed by atoms with Crippen LogP contribution < -0.4 is 10.2 Å². The number of alkyl halides is 3. The zero-order valence-corrected chi connectivity index (χ0v) is 19.2. The number of anilines is 1. The molecule has 1 heterocycles. The molecule has 3 rings (SSSR count). The van der Waals surface area contributed by atoms with Gasteiger partial charge in [0.1, 0.15) is 6.73 Å². The normalized spacial score (nSPS) is 21.9. The van der Waals surface area contributed by atoms with Crippen LogP contribution in [0.4, 0.5) is 23.7 Å². The first-order valence-electron chi connectivity index (χ1n) is 9.50. The molecule has 1 N–H and O–H groups in total. The fourth-order valence-corrected chi connectivity index (χ4v) is 4.05. The number of ether oxygens (including phenoxy) is 1. The highest BCUT2D eigenvalue weighted by Crippen LogP contribution is 2.46. The molecule has 2 amide bonds. The Morgan fingerprint density at radius 3 is 2.62 bits per heavy atom. The third-order valence-electron chi connectivity index (χ3n) is 4.88. The lowest BCUT2D eigenvalue weighted by Gasteiger charge is -2.41. The van der Waals surface area contributed by atoms with Gasteiger partial charge in [-0.1, -0.05) is 53.5 Å². The summed E-state index contributed by atoms with van der Waals surface area (Å²) in [5.41, 5.74) is -2.66. The van der Waals surface area contributed by atoms with Crippen molar-refractivity contribution in [2.45, 2.75) is 50.2 Å². The van der Waals surface area contributed by atoms with Gasteiger partial charge in [-0.2, -0.15) is 13.2 Å². The van der Waals surface area contributed by atoms with Gasteiger partial charge in [0.15, 0.2) is 0 Å². The first-order chi connectivity index (χ1) is 13.4. The summed E-state index contributed by atoms with van der Waals surface area (Å²) in [5, 5.41) is 2.14. The van der Waals surface area contributed by atoms with Crippen LogP contribution in [0, 0.1) is 17.8 Å². The molecule has 0 spiro atoms. The monoisotopic (exact) mass is 488 g/mol. The van der Waals surface area contributed by atoms with Gasteiger partial charge in [-0.15, -0.1) is 0 Å². The summed E-state index contributed by atoms with van der Waals surface area (Å²) in [4.78, 5) is 13.9. The fraction of sp³-hybridized carbons (Fsp3) is 0.550. The van der Waals surface area contributed by atoms with E-state index in [0.29, 0.717) is 11.1 Å². The molecule has 1 aromatic rings. The van der Waals surface area contributed by atoms with Crippen molar-refractivity contribution in [1.29, 1.82) is 0 Å². The highest BCUT2D eigenvalue weighted by atomic mass is 79.9. The van der Waals surface area contributed by atoms with Gasteiger partial charge in [-0.05, 0) is 31.0 Å². The summed E-state index contributed by atoms with van der Waals surface area (Å²) in [7, 11) is -1.32. The van der Waals surface area contributed by atoms with E-state index in [9.17, 15) is 18.0 Å². The second-order valence-electron chi connectivity index (χ2n) is 8.66. The second kappa shape index (κ2) is 7.97. The lowest BCUT2D eigenvalue weighted by Crippen LogP contribution is -2.62. The average molecular weight is 489 g/mol. The smallest absolute Gasteiger partial charge is 0.361 e. The molecule has 1 aliphatic heterocycles. The van der Waals surface area contributed by atoms with Crippen molar-refractivity contribution in [3.63, 3.8) is 0 Å². The SMILES string of the molecule is C[Si](C)(C)CCOCN1C(=O)N[C@](C#CC2CC2)(C(F)(F)F)c2ccc(Br)cc21. The molecule has 0 radical (unpaired) electrons. The van der Waals surface area contributed by atoms with Crippen LogP contribution in [0.1, 0.15) is 18.4 Å². The van der Waals surface area contributed by atoms with E-state index in [1.165, 1.54) is 23.1 Å². The number of nitrogens with one attached hydrogen (secondary N) is 1. The highest BCUT2D eigenvalue weighted by molar-refractivity contribution is 9.10. The Morgan fingerprint density at radius 2 is 2.03 bits per heavy atom. The van der Waals surface area contributed by atoms with Crippen molar-refractivity contribution in [2.24, 2.45) is 5.92 Å². The van der Waals surface area contributed by atoms with Gasteiger partial charge in [0.2, 0.25) is 5.54 Å². The second-order valence-corrected chi connectivity index (χ2v) is 15.2. The lowest BCUT2D eigenvalue weighted by molar-refractivity contribution is -0.179. The number of amides is 2. The molecule has 1 atom stereocenters. The molecule has 1 fully saturated rings. The van der Waals surface area contributed by atoms with Crippen LogP contribution in [0.15, 0.2) is 22.7 Å². The van der Waals surface area contributed by atoms with Crippen LogP contribution in [0.2, 0.25) is 25.7 Å². The van der Waals surface area contributed by atoms with Crippen molar-refractivity contribution in [1.82, 2.24) is 5.32 Å². The average Bonchev–Trinajstić information content (AvgIpc) is 3.40. The Kier molecular flexibility index (Phi) is 6.10. The molecule has 2 aliphatic rings. The van der Waals surface area contributed by atoms with E-state index in [0.717, 1.165) is 18.9 Å². The number of benzene rings is 1. The van der Waals surface area contributed by atoms with Crippen molar-refractivity contribution in [3.05, 3.63) is 28.2 Å². The number of hydrogen-bond acceptors (Lipinski definition) is 2. The van der Waals surface area contributed by atoms with Crippen molar-refractivity contribution in [2.75, 3.05) is 18.2 Å². The molecule has 0 unspecified atom stereocenters. The molecule has 0 aromatic heterocycles. The highest BCUT2D eigenvalue weighted by Gasteiger charge is 2.60. The topological polar surface area (TPSA) is 41.6 Å². The predicted molar refractivity (Wildman–Crippen MR) is 112 cm³/mol. The maximum atomic E-state index is 14.2. The van der Waals surface area contributed by atoms with Crippen molar-refractivity contribution >= 4 is 35.7 Å². The van der Waals surface area contributed by atoms with Gasteiger partial charge < -0.3 is 10.1 Å². The largest absolute Gasteiger partial charge is 0.427 e. The minimum absolute atomic E-state index is 0.0343. The van der Waals surface area contributed by atoms with Gasteiger partial charge in [0.25, 0.3) is 0 Å². The van der Waals surface area contributed by atoms with Gasteiger partial charge in [0, 0.05) is 30.6 Å². The summed E-state index contributed by atoms with van der Waals surface area (Å²) in [6.07, 6.45) is -3.18.